The normalized spacial score (nSPS) is 11.2. The van der Waals surface area contributed by atoms with Gasteiger partial charge in [0.2, 0.25) is 0 Å². The zero-order valence-electron chi connectivity index (χ0n) is 11.6. The van der Waals surface area contributed by atoms with Crippen molar-refractivity contribution < 1.29 is 4.42 Å². The molecule has 5 heteroatoms. The first-order valence-corrected chi connectivity index (χ1v) is 7.42. The van der Waals surface area contributed by atoms with Crippen LogP contribution in [0.4, 0.5) is 0 Å². The third-order valence-corrected chi connectivity index (χ3v) is 3.37. The van der Waals surface area contributed by atoms with E-state index in [0.717, 1.165) is 25.1 Å². The molecule has 0 radical (unpaired) electrons. The Morgan fingerprint density at radius 3 is 2.80 bits per heavy atom. The number of oxazole rings is 1. The zero-order chi connectivity index (χ0) is 14.5. The van der Waals surface area contributed by atoms with Gasteiger partial charge in [0.1, 0.15) is 0 Å². The summed E-state index contributed by atoms with van der Waals surface area (Å²) in [6.07, 6.45) is 2.46. The Bertz CT molecular complexity index is 567. The van der Waals surface area contributed by atoms with Crippen LogP contribution in [0.3, 0.4) is 0 Å². The van der Waals surface area contributed by atoms with Crippen molar-refractivity contribution >= 4 is 23.2 Å². The van der Waals surface area contributed by atoms with Crippen molar-refractivity contribution in [3.63, 3.8) is 0 Å². The van der Waals surface area contributed by atoms with Gasteiger partial charge >= 0.3 is 0 Å². The molecule has 1 N–H and O–H groups in total. The lowest BCUT2D eigenvalue weighted by Crippen LogP contribution is -2.22. The van der Waals surface area contributed by atoms with Crippen molar-refractivity contribution in [2.45, 2.75) is 20.3 Å². The summed E-state index contributed by atoms with van der Waals surface area (Å²) in [7, 11) is 0. The van der Waals surface area contributed by atoms with Crippen LogP contribution in [0.2, 0.25) is 10.0 Å². The van der Waals surface area contributed by atoms with Crippen molar-refractivity contribution in [3.05, 3.63) is 40.3 Å². The molecule has 0 saturated carbocycles. The van der Waals surface area contributed by atoms with Crippen molar-refractivity contribution in [1.82, 2.24) is 10.3 Å². The molecule has 0 saturated heterocycles. The van der Waals surface area contributed by atoms with E-state index >= 15 is 0 Å². The Labute approximate surface area is 129 Å². The van der Waals surface area contributed by atoms with Gasteiger partial charge in [0.15, 0.2) is 11.7 Å². The summed E-state index contributed by atoms with van der Waals surface area (Å²) in [5.74, 6) is 2.02. The van der Waals surface area contributed by atoms with Crippen LogP contribution in [0.15, 0.2) is 28.8 Å². The van der Waals surface area contributed by atoms with E-state index < -0.39 is 0 Å². The van der Waals surface area contributed by atoms with Gasteiger partial charge in [-0.1, -0.05) is 37.0 Å². The van der Waals surface area contributed by atoms with Crippen molar-refractivity contribution in [2.24, 2.45) is 5.92 Å². The molecule has 0 amide bonds. The van der Waals surface area contributed by atoms with Gasteiger partial charge in [-0.3, -0.25) is 0 Å². The van der Waals surface area contributed by atoms with Gasteiger partial charge in [0.25, 0.3) is 0 Å². The number of halogens is 2. The number of nitrogens with one attached hydrogen (secondary N) is 1. The maximum absolute atomic E-state index is 6.15. The molecule has 3 nitrogen and oxygen atoms in total. The van der Waals surface area contributed by atoms with E-state index in [9.17, 15) is 0 Å². The Balaban J connectivity index is 1.98. The lowest BCUT2D eigenvalue weighted by atomic mass is 10.2. The molecule has 0 aliphatic rings. The summed E-state index contributed by atoms with van der Waals surface area (Å²) in [6, 6.07) is 5.33. The Kier molecular flexibility index (Phi) is 5.46. The van der Waals surface area contributed by atoms with Crippen LogP contribution in [0.5, 0.6) is 0 Å². The molecule has 1 aromatic heterocycles. The summed E-state index contributed by atoms with van der Waals surface area (Å²) in [4.78, 5) is 4.27. The predicted octanol–water partition coefficient (Wildman–Crippen LogP) is 4.44. The fraction of sp³-hybridized carbons (Fsp3) is 0.400. The number of hydrogen-bond donors (Lipinski definition) is 1. The summed E-state index contributed by atoms with van der Waals surface area (Å²) in [6.45, 7) is 6.21. The third-order valence-electron chi connectivity index (χ3n) is 2.82. The number of benzene rings is 1. The molecule has 108 valence electrons. The van der Waals surface area contributed by atoms with Gasteiger partial charge in [0.05, 0.1) is 11.2 Å². The van der Waals surface area contributed by atoms with Crippen molar-refractivity contribution in [2.75, 3.05) is 13.1 Å². The fourth-order valence-corrected chi connectivity index (χ4v) is 2.33. The minimum atomic E-state index is 0.568. The molecule has 0 bridgehead atoms. The minimum Gasteiger partial charge on any atom is -0.441 e. The van der Waals surface area contributed by atoms with E-state index in [-0.39, 0.29) is 0 Å². The number of hydrogen-bond acceptors (Lipinski definition) is 3. The lowest BCUT2D eigenvalue weighted by Gasteiger charge is -2.05. The molecular weight excluding hydrogens is 295 g/mol. The largest absolute Gasteiger partial charge is 0.441 e. The zero-order valence-corrected chi connectivity index (χ0v) is 13.1. The highest BCUT2D eigenvalue weighted by atomic mass is 35.5. The van der Waals surface area contributed by atoms with Gasteiger partial charge in [0, 0.05) is 23.6 Å². The summed E-state index contributed by atoms with van der Waals surface area (Å²) >= 11 is 12.0. The van der Waals surface area contributed by atoms with E-state index in [0.29, 0.717) is 27.6 Å². The van der Waals surface area contributed by atoms with Crippen LogP contribution in [-0.4, -0.2) is 18.1 Å². The number of aromatic nitrogens is 1. The first kappa shape index (κ1) is 15.4. The molecule has 1 aromatic carbocycles. The molecule has 0 spiro atoms. The molecule has 0 aliphatic carbocycles. The lowest BCUT2D eigenvalue weighted by molar-refractivity contribution is 0.483. The van der Waals surface area contributed by atoms with E-state index in [1.54, 1.807) is 18.3 Å². The molecule has 0 unspecified atom stereocenters. The van der Waals surface area contributed by atoms with Crippen LogP contribution >= 0.6 is 23.2 Å². The van der Waals surface area contributed by atoms with Crippen LogP contribution in [0.1, 0.15) is 19.7 Å². The second kappa shape index (κ2) is 7.11. The quantitative estimate of drug-likeness (QED) is 0.801. The van der Waals surface area contributed by atoms with Gasteiger partial charge < -0.3 is 9.73 Å². The van der Waals surface area contributed by atoms with Crippen LogP contribution < -0.4 is 5.32 Å². The van der Waals surface area contributed by atoms with E-state index in [4.69, 9.17) is 27.6 Å². The topological polar surface area (TPSA) is 38.1 Å². The van der Waals surface area contributed by atoms with Gasteiger partial charge in [-0.2, -0.15) is 0 Å². The maximum Gasteiger partial charge on any atom is 0.196 e. The molecule has 1 heterocycles. The maximum atomic E-state index is 6.15. The van der Waals surface area contributed by atoms with Gasteiger partial charge in [-0.25, -0.2) is 4.98 Å². The smallest absolute Gasteiger partial charge is 0.196 e. The van der Waals surface area contributed by atoms with Gasteiger partial charge in [-0.15, -0.1) is 0 Å². The number of nitrogens with zero attached hydrogens (tertiary/aromatic N) is 1. The second-order valence-electron chi connectivity index (χ2n) is 5.09. The standard InChI is InChI=1S/C15H18Cl2N2O/c1-10(2)8-18-6-5-15-19-9-14(20-15)12-4-3-11(16)7-13(12)17/h3-4,7,9-10,18H,5-6,8H2,1-2H3. The van der Waals surface area contributed by atoms with Crippen LogP contribution in [0, 0.1) is 5.92 Å². The summed E-state index contributed by atoms with van der Waals surface area (Å²) in [5.41, 5.74) is 0.810. The number of rotatable bonds is 6. The molecule has 2 aromatic rings. The SMILES string of the molecule is CC(C)CNCCc1ncc(-c2ccc(Cl)cc2Cl)o1. The highest BCUT2D eigenvalue weighted by molar-refractivity contribution is 6.36. The Hall–Kier alpha value is -1.03. The monoisotopic (exact) mass is 312 g/mol. The third kappa shape index (κ3) is 4.23. The second-order valence-corrected chi connectivity index (χ2v) is 5.93. The average molecular weight is 313 g/mol. The summed E-state index contributed by atoms with van der Waals surface area (Å²) < 4.78 is 5.72. The van der Waals surface area contributed by atoms with E-state index in [1.807, 2.05) is 6.07 Å². The van der Waals surface area contributed by atoms with Crippen LogP contribution in [-0.2, 0) is 6.42 Å². The highest BCUT2D eigenvalue weighted by Crippen LogP contribution is 2.30. The predicted molar refractivity (Wildman–Crippen MR) is 83.4 cm³/mol. The Morgan fingerprint density at radius 1 is 1.30 bits per heavy atom. The molecule has 0 aliphatic heterocycles. The average Bonchev–Trinajstić information content (AvgIpc) is 2.83. The fourth-order valence-electron chi connectivity index (χ4n) is 1.83. The molecule has 2 rings (SSSR count). The highest BCUT2D eigenvalue weighted by Gasteiger charge is 2.10. The van der Waals surface area contributed by atoms with Crippen molar-refractivity contribution in [1.29, 1.82) is 0 Å². The minimum absolute atomic E-state index is 0.568. The van der Waals surface area contributed by atoms with Crippen LogP contribution in [0.25, 0.3) is 11.3 Å². The molecule has 20 heavy (non-hydrogen) atoms. The molecule has 0 atom stereocenters. The van der Waals surface area contributed by atoms with E-state index in [1.165, 1.54) is 0 Å². The molecular formula is C15H18Cl2N2O. The molecule has 0 fully saturated rings. The first-order valence-electron chi connectivity index (χ1n) is 6.67. The van der Waals surface area contributed by atoms with Crippen molar-refractivity contribution in [3.8, 4) is 11.3 Å². The van der Waals surface area contributed by atoms with E-state index in [2.05, 4.69) is 24.1 Å². The Morgan fingerprint density at radius 2 is 2.10 bits per heavy atom. The van der Waals surface area contributed by atoms with Gasteiger partial charge in [-0.05, 0) is 30.7 Å². The first-order chi connectivity index (χ1) is 9.56. The summed E-state index contributed by atoms with van der Waals surface area (Å²) in [5, 5.41) is 4.53.